The van der Waals surface area contributed by atoms with Crippen LogP contribution in [-0.2, 0) is 16.0 Å². The first-order valence-electron chi connectivity index (χ1n) is 9.92. The molecular formula is C21H22N6O6. The lowest BCUT2D eigenvalue weighted by molar-refractivity contribution is -0.402. The van der Waals surface area contributed by atoms with Crippen LogP contribution in [0.2, 0.25) is 0 Å². The van der Waals surface area contributed by atoms with Crippen molar-refractivity contribution in [3.05, 3.63) is 70.0 Å². The fourth-order valence-electron chi connectivity index (χ4n) is 2.96. The monoisotopic (exact) mass is 454 g/mol. The van der Waals surface area contributed by atoms with Crippen molar-refractivity contribution >= 4 is 40.1 Å². The minimum absolute atomic E-state index is 0.0336. The number of hydrazine groups is 1. The zero-order valence-corrected chi connectivity index (χ0v) is 17.4. The number of amides is 3. The number of nitrogens with one attached hydrogen (secondary N) is 4. The molecule has 0 saturated carbocycles. The lowest BCUT2D eigenvalue weighted by Crippen LogP contribution is -2.42. The molecule has 33 heavy (non-hydrogen) atoms. The van der Waals surface area contributed by atoms with Crippen molar-refractivity contribution in [3.63, 3.8) is 0 Å². The number of furan rings is 1. The van der Waals surface area contributed by atoms with Gasteiger partial charge in [0.2, 0.25) is 17.6 Å². The number of anilines is 1. The van der Waals surface area contributed by atoms with E-state index in [1.54, 1.807) is 24.3 Å². The Bertz CT molecular complexity index is 1190. The molecule has 3 aromatic rings. The van der Waals surface area contributed by atoms with Gasteiger partial charge in [-0.15, -0.1) is 0 Å². The Kier molecular flexibility index (Phi) is 7.68. The van der Waals surface area contributed by atoms with E-state index in [4.69, 9.17) is 10.2 Å². The quantitative estimate of drug-likeness (QED) is 0.179. The highest BCUT2D eigenvalue weighted by Crippen LogP contribution is 2.21. The van der Waals surface area contributed by atoms with E-state index in [9.17, 15) is 24.5 Å². The van der Waals surface area contributed by atoms with Crippen LogP contribution in [0.15, 0.2) is 52.9 Å². The Morgan fingerprint density at radius 1 is 0.970 bits per heavy atom. The van der Waals surface area contributed by atoms with E-state index >= 15 is 0 Å². The molecule has 0 atom stereocenters. The molecular weight excluding hydrogens is 432 g/mol. The van der Waals surface area contributed by atoms with Crippen LogP contribution in [0, 0.1) is 10.1 Å². The van der Waals surface area contributed by atoms with E-state index in [2.05, 4.69) is 21.5 Å². The first-order chi connectivity index (χ1) is 15.9. The van der Waals surface area contributed by atoms with Crippen LogP contribution >= 0.6 is 0 Å². The highest BCUT2D eigenvalue weighted by Gasteiger charge is 2.17. The molecule has 0 fully saturated rings. The van der Waals surface area contributed by atoms with Crippen molar-refractivity contribution in [2.24, 2.45) is 5.73 Å². The third-order valence-electron chi connectivity index (χ3n) is 4.47. The van der Waals surface area contributed by atoms with Gasteiger partial charge in [0.15, 0.2) is 0 Å². The van der Waals surface area contributed by atoms with E-state index in [1.165, 1.54) is 0 Å². The maximum atomic E-state index is 12.2. The lowest BCUT2D eigenvalue weighted by Gasteiger charge is -2.09. The summed E-state index contributed by atoms with van der Waals surface area (Å²) in [7, 11) is 0. The highest BCUT2D eigenvalue weighted by molar-refractivity contribution is 5.96. The van der Waals surface area contributed by atoms with Gasteiger partial charge in [0.1, 0.15) is 4.92 Å². The summed E-state index contributed by atoms with van der Waals surface area (Å²) in [5, 5.41) is 18.1. The number of nitrogens with two attached hydrogens (primary N) is 1. The summed E-state index contributed by atoms with van der Waals surface area (Å²) < 4.78 is 4.77. The number of hydrogen-bond acceptors (Lipinski definition) is 8. The molecule has 12 nitrogen and oxygen atoms in total. The van der Waals surface area contributed by atoms with Gasteiger partial charge in [-0.2, -0.15) is 0 Å². The van der Waals surface area contributed by atoms with Gasteiger partial charge in [0.05, 0.1) is 19.0 Å². The zero-order chi connectivity index (χ0) is 23.8. The molecule has 0 spiro atoms. The fourth-order valence-corrected chi connectivity index (χ4v) is 2.96. The van der Waals surface area contributed by atoms with Crippen molar-refractivity contribution < 1.29 is 23.7 Å². The maximum absolute atomic E-state index is 12.2. The van der Waals surface area contributed by atoms with Gasteiger partial charge < -0.3 is 20.8 Å². The number of nitro groups is 1. The molecule has 0 radical (unpaired) electrons. The second-order valence-electron chi connectivity index (χ2n) is 6.98. The van der Waals surface area contributed by atoms with Gasteiger partial charge in [-0.05, 0) is 34.5 Å². The maximum Gasteiger partial charge on any atom is 0.433 e. The number of carbonyl (C=O) groups excluding carboxylic acids is 3. The van der Waals surface area contributed by atoms with Crippen molar-refractivity contribution in [2.75, 3.05) is 25.0 Å². The predicted molar refractivity (Wildman–Crippen MR) is 119 cm³/mol. The van der Waals surface area contributed by atoms with E-state index in [-0.39, 0.29) is 24.6 Å². The van der Waals surface area contributed by atoms with Crippen molar-refractivity contribution in [3.8, 4) is 0 Å². The van der Waals surface area contributed by atoms with Crippen LogP contribution in [-0.4, -0.2) is 42.3 Å². The van der Waals surface area contributed by atoms with Gasteiger partial charge in [0.25, 0.3) is 0 Å². The molecule has 2 aromatic carbocycles. The third-order valence-corrected chi connectivity index (χ3v) is 4.47. The topological polar surface area (TPSA) is 182 Å². The molecule has 3 amide bonds. The minimum Gasteiger partial charge on any atom is -0.395 e. The largest absolute Gasteiger partial charge is 0.433 e. The summed E-state index contributed by atoms with van der Waals surface area (Å²) >= 11 is 0. The number of hydrogen-bond donors (Lipinski definition) is 5. The fraction of sp³-hybridized carbons (Fsp3) is 0.190. The number of benzene rings is 2. The number of carbonyl (C=O) groups is 3. The van der Waals surface area contributed by atoms with Gasteiger partial charge in [0, 0.05) is 18.8 Å². The van der Waals surface area contributed by atoms with E-state index in [1.807, 2.05) is 12.1 Å². The third kappa shape index (κ3) is 6.59. The molecule has 0 unspecified atom stereocenters. The smallest absolute Gasteiger partial charge is 0.395 e. The normalized spacial score (nSPS) is 10.6. The lowest BCUT2D eigenvalue weighted by atomic mass is 10.0. The van der Waals surface area contributed by atoms with E-state index in [0.29, 0.717) is 24.3 Å². The predicted octanol–water partition coefficient (Wildman–Crippen LogP) is 0.831. The summed E-state index contributed by atoms with van der Waals surface area (Å²) in [6.45, 7) is 1.12. The number of rotatable bonds is 9. The Morgan fingerprint density at radius 3 is 2.48 bits per heavy atom. The molecule has 3 rings (SSSR count). The summed E-state index contributed by atoms with van der Waals surface area (Å²) in [5.74, 6) is -2.41. The van der Waals surface area contributed by atoms with Crippen LogP contribution in [0.25, 0.3) is 10.8 Å². The molecule has 0 aliphatic carbocycles. The summed E-state index contributed by atoms with van der Waals surface area (Å²) in [4.78, 5) is 45.9. The average molecular weight is 454 g/mol. The van der Waals surface area contributed by atoms with E-state index in [0.717, 1.165) is 22.9 Å². The molecule has 1 aromatic heterocycles. The molecule has 6 N–H and O–H groups in total. The molecule has 0 bridgehead atoms. The Labute approximate surface area is 187 Å². The molecule has 0 aliphatic rings. The van der Waals surface area contributed by atoms with Gasteiger partial charge in [-0.1, -0.05) is 24.3 Å². The molecule has 12 heteroatoms. The zero-order valence-electron chi connectivity index (χ0n) is 17.4. The number of fused-ring (bicyclic) bond motifs is 1. The standard InChI is InChI=1S/C21H22N6O6/c22-7-8-23-12-19(29)24-16-4-3-14-2-1-13(9-15(14)11-16)10-18(28)25-26-21(30)17-5-6-20(33-17)27(31)32/h1-6,9,11,23H,7-8,10,12,22H2,(H,24,29)(H,25,28)(H,26,30). The highest BCUT2D eigenvalue weighted by atomic mass is 16.6. The first kappa shape index (κ1) is 23.4. The molecule has 172 valence electrons. The van der Waals surface area contributed by atoms with Crippen molar-refractivity contribution in [1.82, 2.24) is 16.2 Å². The molecule has 1 heterocycles. The van der Waals surface area contributed by atoms with Crippen molar-refractivity contribution in [2.45, 2.75) is 6.42 Å². The van der Waals surface area contributed by atoms with Crippen LogP contribution in [0.3, 0.4) is 0 Å². The average Bonchev–Trinajstić information content (AvgIpc) is 3.28. The Hall–Kier alpha value is -4.29. The second kappa shape index (κ2) is 10.8. The second-order valence-corrected chi connectivity index (χ2v) is 6.98. The minimum atomic E-state index is -0.823. The van der Waals surface area contributed by atoms with Crippen LogP contribution < -0.4 is 27.2 Å². The Morgan fingerprint density at radius 2 is 1.76 bits per heavy atom. The van der Waals surface area contributed by atoms with Crippen LogP contribution in [0.4, 0.5) is 11.6 Å². The van der Waals surface area contributed by atoms with E-state index < -0.39 is 22.6 Å². The molecule has 0 saturated heterocycles. The summed E-state index contributed by atoms with van der Waals surface area (Å²) in [5.41, 5.74) is 11.1. The Balaban J connectivity index is 1.57. The van der Waals surface area contributed by atoms with Gasteiger partial charge in [-0.3, -0.25) is 35.3 Å². The first-order valence-corrected chi connectivity index (χ1v) is 9.92. The SMILES string of the molecule is NCCNCC(=O)Nc1ccc2ccc(CC(=O)NNC(=O)c3ccc([N+](=O)[O-])o3)cc2c1. The van der Waals surface area contributed by atoms with Crippen LogP contribution in [0.1, 0.15) is 16.1 Å². The molecule has 0 aliphatic heterocycles. The van der Waals surface area contributed by atoms with Crippen LogP contribution in [0.5, 0.6) is 0 Å². The van der Waals surface area contributed by atoms with Crippen molar-refractivity contribution in [1.29, 1.82) is 0 Å². The summed E-state index contributed by atoms with van der Waals surface area (Å²) in [6.07, 6.45) is -0.0336. The van der Waals surface area contributed by atoms with Gasteiger partial charge in [-0.25, -0.2) is 0 Å². The summed E-state index contributed by atoms with van der Waals surface area (Å²) in [6, 6.07) is 13.0. The van der Waals surface area contributed by atoms with Gasteiger partial charge >= 0.3 is 11.8 Å². The number of nitrogens with zero attached hydrogens (tertiary/aromatic N) is 1.